The van der Waals surface area contributed by atoms with E-state index in [9.17, 15) is 8.42 Å². The van der Waals surface area contributed by atoms with Crippen molar-refractivity contribution in [3.63, 3.8) is 0 Å². The van der Waals surface area contributed by atoms with Crippen LogP contribution in [0.3, 0.4) is 0 Å². The summed E-state index contributed by atoms with van der Waals surface area (Å²) in [6.45, 7) is 3.74. The van der Waals surface area contributed by atoms with Crippen LogP contribution in [-0.2, 0) is 10.0 Å². The molecule has 8 heteroatoms. The Morgan fingerprint density at radius 2 is 1.90 bits per heavy atom. The SMILES string of the molecule is CCCOc1ccc(S(=O)(=O)N2CC(c3nncn3C3CC3)C3(CCCC3)C2)cc1. The third-order valence-electron chi connectivity index (χ3n) is 7.00. The summed E-state index contributed by atoms with van der Waals surface area (Å²) in [5, 5.41) is 8.68. The molecule has 2 saturated carbocycles. The van der Waals surface area contributed by atoms with Gasteiger partial charge in [-0.3, -0.25) is 0 Å². The Morgan fingerprint density at radius 1 is 1.17 bits per heavy atom. The van der Waals surface area contributed by atoms with Gasteiger partial charge in [-0.25, -0.2) is 8.42 Å². The minimum atomic E-state index is -3.56. The van der Waals surface area contributed by atoms with Crippen molar-refractivity contribution in [2.75, 3.05) is 19.7 Å². The van der Waals surface area contributed by atoms with Gasteiger partial charge in [0.15, 0.2) is 0 Å². The standard InChI is InChI=1S/C22H30N4O3S/c1-2-13-29-18-7-9-19(10-8-18)30(27,28)25-14-20(22(15-25)11-3-4-12-22)21-24-23-16-26(21)17-5-6-17/h7-10,16-17,20H,2-6,11-15H2,1H3. The summed E-state index contributed by atoms with van der Waals surface area (Å²) in [5.41, 5.74) is -0.0169. The predicted molar refractivity (Wildman–Crippen MR) is 113 cm³/mol. The summed E-state index contributed by atoms with van der Waals surface area (Å²) in [7, 11) is -3.56. The minimum Gasteiger partial charge on any atom is -0.494 e. The predicted octanol–water partition coefficient (Wildman–Crippen LogP) is 3.75. The highest BCUT2D eigenvalue weighted by Gasteiger charge is 2.53. The number of hydrogen-bond donors (Lipinski definition) is 0. The van der Waals surface area contributed by atoms with E-state index in [1.165, 1.54) is 12.8 Å². The molecule has 3 aliphatic rings. The van der Waals surface area contributed by atoms with Gasteiger partial charge in [0, 0.05) is 25.0 Å². The number of rotatable bonds is 7. The molecule has 162 valence electrons. The van der Waals surface area contributed by atoms with Gasteiger partial charge in [-0.1, -0.05) is 19.8 Å². The molecule has 5 rings (SSSR count). The van der Waals surface area contributed by atoms with Crippen molar-refractivity contribution in [2.24, 2.45) is 5.41 Å². The Bertz CT molecular complexity index is 992. The van der Waals surface area contributed by atoms with Crippen LogP contribution in [0.2, 0.25) is 0 Å². The van der Waals surface area contributed by atoms with E-state index in [4.69, 9.17) is 4.74 Å². The Kier molecular flexibility index (Phi) is 5.09. The fourth-order valence-corrected chi connectivity index (χ4v) is 6.81. The molecule has 1 aromatic carbocycles. The van der Waals surface area contributed by atoms with Crippen LogP contribution in [-0.4, -0.2) is 47.2 Å². The van der Waals surface area contributed by atoms with Gasteiger partial charge in [-0.05, 0) is 61.8 Å². The molecule has 1 atom stereocenters. The molecule has 0 N–H and O–H groups in total. The van der Waals surface area contributed by atoms with Crippen LogP contribution < -0.4 is 4.74 Å². The number of hydrogen-bond acceptors (Lipinski definition) is 5. The first kappa shape index (κ1) is 20.0. The van der Waals surface area contributed by atoms with E-state index in [0.29, 0.717) is 36.4 Å². The smallest absolute Gasteiger partial charge is 0.243 e. The minimum absolute atomic E-state index is 0.0169. The summed E-state index contributed by atoms with van der Waals surface area (Å²) in [6.07, 6.45) is 9.52. The van der Waals surface area contributed by atoms with Crippen molar-refractivity contribution in [2.45, 2.75) is 68.7 Å². The number of aromatic nitrogens is 3. The van der Waals surface area contributed by atoms with Crippen molar-refractivity contribution >= 4 is 10.0 Å². The van der Waals surface area contributed by atoms with Crippen molar-refractivity contribution in [3.8, 4) is 5.75 Å². The van der Waals surface area contributed by atoms with Gasteiger partial charge in [0.1, 0.15) is 17.9 Å². The van der Waals surface area contributed by atoms with E-state index < -0.39 is 10.0 Å². The van der Waals surface area contributed by atoms with Crippen molar-refractivity contribution < 1.29 is 13.2 Å². The van der Waals surface area contributed by atoms with Crippen LogP contribution in [0.25, 0.3) is 0 Å². The molecule has 30 heavy (non-hydrogen) atoms. The largest absolute Gasteiger partial charge is 0.494 e. The monoisotopic (exact) mass is 430 g/mol. The van der Waals surface area contributed by atoms with Crippen molar-refractivity contribution in [3.05, 3.63) is 36.4 Å². The van der Waals surface area contributed by atoms with Gasteiger partial charge in [0.2, 0.25) is 10.0 Å². The number of ether oxygens (including phenoxy) is 1. The molecule has 1 aliphatic heterocycles. The summed E-state index contributed by atoms with van der Waals surface area (Å²) in [4.78, 5) is 0.337. The molecular weight excluding hydrogens is 400 g/mol. The average Bonchev–Trinajstić information content (AvgIpc) is 3.16. The van der Waals surface area contributed by atoms with Crippen LogP contribution in [0.1, 0.15) is 69.7 Å². The first-order valence-corrected chi connectivity index (χ1v) is 12.6. The lowest BCUT2D eigenvalue weighted by Gasteiger charge is -2.29. The van der Waals surface area contributed by atoms with Gasteiger partial charge < -0.3 is 9.30 Å². The highest BCUT2D eigenvalue weighted by molar-refractivity contribution is 7.89. The van der Waals surface area contributed by atoms with E-state index >= 15 is 0 Å². The maximum atomic E-state index is 13.5. The number of sulfonamides is 1. The van der Waals surface area contributed by atoms with E-state index in [1.807, 2.05) is 13.3 Å². The van der Waals surface area contributed by atoms with Crippen LogP contribution >= 0.6 is 0 Å². The van der Waals surface area contributed by atoms with Crippen LogP contribution in [0, 0.1) is 5.41 Å². The zero-order valence-corrected chi connectivity index (χ0v) is 18.4. The van der Waals surface area contributed by atoms with Crippen molar-refractivity contribution in [1.29, 1.82) is 0 Å². The maximum absolute atomic E-state index is 13.5. The van der Waals surface area contributed by atoms with Gasteiger partial charge >= 0.3 is 0 Å². The fraction of sp³-hybridized carbons (Fsp3) is 0.636. The zero-order valence-electron chi connectivity index (χ0n) is 17.5. The first-order valence-electron chi connectivity index (χ1n) is 11.2. The van der Waals surface area contributed by atoms with E-state index in [0.717, 1.165) is 37.9 Å². The normalized spacial score (nSPS) is 24.0. The third kappa shape index (κ3) is 3.43. The Morgan fingerprint density at radius 3 is 2.57 bits per heavy atom. The number of benzene rings is 1. The molecule has 3 fully saturated rings. The fourth-order valence-electron chi connectivity index (χ4n) is 5.26. The lowest BCUT2D eigenvalue weighted by atomic mass is 9.76. The van der Waals surface area contributed by atoms with Gasteiger partial charge in [0.25, 0.3) is 0 Å². The lowest BCUT2D eigenvalue weighted by molar-refractivity contribution is 0.272. The van der Waals surface area contributed by atoms with Gasteiger partial charge in [-0.2, -0.15) is 4.31 Å². The molecule has 1 spiro atoms. The Balaban J connectivity index is 1.43. The second kappa shape index (κ2) is 7.64. The molecule has 7 nitrogen and oxygen atoms in total. The highest BCUT2D eigenvalue weighted by atomic mass is 32.2. The zero-order chi connectivity index (χ0) is 20.8. The number of nitrogens with zero attached hydrogens (tertiary/aromatic N) is 4. The molecule has 0 amide bonds. The van der Waals surface area contributed by atoms with E-state index in [-0.39, 0.29) is 11.3 Å². The molecule has 2 aromatic rings. The Labute approximate surface area is 178 Å². The molecule has 0 bridgehead atoms. The molecule has 0 radical (unpaired) electrons. The lowest BCUT2D eigenvalue weighted by Crippen LogP contribution is -2.31. The summed E-state index contributed by atoms with van der Waals surface area (Å²) < 4.78 is 36.5. The second-order valence-electron chi connectivity index (χ2n) is 9.07. The van der Waals surface area contributed by atoms with Gasteiger partial charge in [-0.15, -0.1) is 10.2 Å². The Hall–Kier alpha value is -1.93. The average molecular weight is 431 g/mol. The quantitative estimate of drug-likeness (QED) is 0.669. The van der Waals surface area contributed by atoms with Crippen LogP contribution in [0.5, 0.6) is 5.75 Å². The van der Waals surface area contributed by atoms with Gasteiger partial charge in [0.05, 0.1) is 11.5 Å². The van der Waals surface area contributed by atoms with Crippen LogP contribution in [0.15, 0.2) is 35.5 Å². The second-order valence-corrected chi connectivity index (χ2v) is 11.0. The molecule has 1 saturated heterocycles. The molecular formula is C22H30N4O3S. The highest BCUT2D eigenvalue weighted by Crippen LogP contribution is 2.54. The molecule has 1 unspecified atom stereocenters. The third-order valence-corrected chi connectivity index (χ3v) is 8.83. The topological polar surface area (TPSA) is 77.3 Å². The summed E-state index contributed by atoms with van der Waals surface area (Å²) >= 11 is 0. The maximum Gasteiger partial charge on any atom is 0.243 e. The summed E-state index contributed by atoms with van der Waals surface area (Å²) in [6, 6.07) is 7.34. The van der Waals surface area contributed by atoms with E-state index in [1.54, 1.807) is 28.6 Å². The summed E-state index contributed by atoms with van der Waals surface area (Å²) in [5.74, 6) is 1.81. The van der Waals surface area contributed by atoms with Crippen molar-refractivity contribution in [1.82, 2.24) is 19.1 Å². The molecule has 2 aliphatic carbocycles. The van der Waals surface area contributed by atoms with Crippen LogP contribution in [0.4, 0.5) is 0 Å². The van der Waals surface area contributed by atoms with E-state index in [2.05, 4.69) is 14.8 Å². The molecule has 1 aromatic heterocycles. The molecule has 2 heterocycles. The first-order chi connectivity index (χ1) is 14.5.